The Kier molecular flexibility index (Phi) is 5.83. The third-order valence-corrected chi connectivity index (χ3v) is 6.28. The molecule has 2 aliphatic heterocycles. The van der Waals surface area contributed by atoms with E-state index < -0.39 is 5.82 Å². The van der Waals surface area contributed by atoms with Gasteiger partial charge in [0.15, 0.2) is 5.82 Å². The Balaban J connectivity index is 1.30. The second kappa shape index (κ2) is 9.07. The Morgan fingerprint density at radius 2 is 1.88 bits per heavy atom. The molecule has 1 atom stereocenters. The van der Waals surface area contributed by atoms with Crippen molar-refractivity contribution in [2.75, 3.05) is 31.1 Å². The molecule has 0 saturated carbocycles. The minimum absolute atomic E-state index is 0.00348. The number of hydrogen-bond acceptors (Lipinski definition) is 5. The fraction of sp³-hybridized carbons (Fsp3) is 0.280. The summed E-state index contributed by atoms with van der Waals surface area (Å²) < 4.78 is 13.4. The van der Waals surface area contributed by atoms with Crippen molar-refractivity contribution >= 4 is 23.3 Å². The first-order valence-corrected chi connectivity index (χ1v) is 11.1. The van der Waals surface area contributed by atoms with E-state index in [1.54, 1.807) is 40.3 Å². The van der Waals surface area contributed by atoms with Crippen molar-refractivity contribution in [2.45, 2.75) is 12.3 Å². The number of benzene rings is 2. The van der Waals surface area contributed by atoms with E-state index in [0.29, 0.717) is 31.0 Å². The Bertz CT molecular complexity index is 1140. The lowest BCUT2D eigenvalue weighted by molar-refractivity contribution is -0.121. The van der Waals surface area contributed by atoms with Crippen molar-refractivity contribution in [3.63, 3.8) is 0 Å². The van der Waals surface area contributed by atoms with E-state index >= 15 is 0 Å². The van der Waals surface area contributed by atoms with Crippen molar-refractivity contribution in [1.29, 1.82) is 0 Å². The topological polar surface area (TPSA) is 78.4 Å². The van der Waals surface area contributed by atoms with Crippen LogP contribution in [0.25, 0.3) is 0 Å². The fourth-order valence-corrected chi connectivity index (χ4v) is 4.39. The molecule has 8 heteroatoms. The maximum absolute atomic E-state index is 13.4. The first-order chi connectivity index (χ1) is 16.1. The molecular weight excluding hydrogens is 421 g/mol. The van der Waals surface area contributed by atoms with Gasteiger partial charge in [-0.3, -0.25) is 14.5 Å². The molecule has 1 aromatic heterocycles. The Labute approximate surface area is 191 Å². The molecule has 0 unspecified atom stereocenters. The van der Waals surface area contributed by atoms with Crippen LogP contribution in [0.5, 0.6) is 0 Å². The molecule has 7 nitrogen and oxygen atoms in total. The SMILES string of the molecule is O=C(c1cccc(F)c1)N1CC(c2ccc(N(C(=O)[C@H]3CCNC3)c3cccnn3)cc2)C1. The van der Waals surface area contributed by atoms with Gasteiger partial charge in [-0.1, -0.05) is 18.2 Å². The number of likely N-dealkylation sites (tertiary alicyclic amines) is 1. The van der Waals surface area contributed by atoms with E-state index in [0.717, 1.165) is 24.2 Å². The summed E-state index contributed by atoms with van der Waals surface area (Å²) in [6, 6.07) is 17.1. The zero-order valence-corrected chi connectivity index (χ0v) is 18.0. The average Bonchev–Trinajstić information content (AvgIpc) is 3.35. The molecule has 3 heterocycles. The summed E-state index contributed by atoms with van der Waals surface area (Å²) >= 11 is 0. The van der Waals surface area contributed by atoms with E-state index in [1.165, 1.54) is 12.1 Å². The number of aromatic nitrogens is 2. The summed E-state index contributed by atoms with van der Waals surface area (Å²) in [7, 11) is 0. The number of rotatable bonds is 5. The lowest BCUT2D eigenvalue weighted by atomic mass is 9.90. The number of anilines is 2. The number of nitrogens with one attached hydrogen (secondary N) is 1. The van der Waals surface area contributed by atoms with Gasteiger partial charge in [0, 0.05) is 37.3 Å². The zero-order chi connectivity index (χ0) is 22.8. The molecule has 168 valence electrons. The van der Waals surface area contributed by atoms with E-state index in [1.807, 2.05) is 24.3 Å². The number of nitrogens with zero attached hydrogens (tertiary/aromatic N) is 4. The highest BCUT2D eigenvalue weighted by molar-refractivity contribution is 6.01. The number of carbonyl (C=O) groups is 2. The van der Waals surface area contributed by atoms with Gasteiger partial charge in [-0.15, -0.1) is 5.10 Å². The molecule has 1 N–H and O–H groups in total. The quantitative estimate of drug-likeness (QED) is 0.653. The minimum Gasteiger partial charge on any atom is -0.337 e. The summed E-state index contributed by atoms with van der Waals surface area (Å²) in [6.45, 7) is 2.64. The third kappa shape index (κ3) is 4.34. The first kappa shape index (κ1) is 21.2. The van der Waals surface area contributed by atoms with Crippen LogP contribution in [0.2, 0.25) is 0 Å². The first-order valence-electron chi connectivity index (χ1n) is 11.1. The second-order valence-electron chi connectivity index (χ2n) is 8.45. The van der Waals surface area contributed by atoms with Gasteiger partial charge < -0.3 is 10.2 Å². The normalized spacial score (nSPS) is 18.1. The zero-order valence-electron chi connectivity index (χ0n) is 18.0. The summed E-state index contributed by atoms with van der Waals surface area (Å²) in [5.74, 6) is 0.0365. The maximum Gasteiger partial charge on any atom is 0.253 e. The minimum atomic E-state index is -0.413. The standard InChI is InChI=1S/C25H24FN5O2/c26-21-4-1-3-18(13-21)24(32)30-15-20(16-30)17-6-8-22(9-7-17)31(23-5-2-11-28-29-23)25(33)19-10-12-27-14-19/h1-9,11,13,19-20,27H,10,12,14-16H2/t19-/m0/s1. The van der Waals surface area contributed by atoms with Gasteiger partial charge in [-0.25, -0.2) is 4.39 Å². The summed E-state index contributed by atoms with van der Waals surface area (Å²) in [5, 5.41) is 11.3. The molecule has 3 aromatic rings. The summed E-state index contributed by atoms with van der Waals surface area (Å²) in [5.41, 5.74) is 2.20. The van der Waals surface area contributed by atoms with Crippen molar-refractivity contribution in [2.24, 2.45) is 5.92 Å². The average molecular weight is 445 g/mol. The number of halogens is 1. The number of hydrogen-bond donors (Lipinski definition) is 1. The van der Waals surface area contributed by atoms with Gasteiger partial charge in [-0.05, 0) is 61.0 Å². The van der Waals surface area contributed by atoms with E-state index in [-0.39, 0.29) is 23.7 Å². The predicted molar refractivity (Wildman–Crippen MR) is 122 cm³/mol. The third-order valence-electron chi connectivity index (χ3n) is 6.28. The van der Waals surface area contributed by atoms with Crippen LogP contribution in [0.3, 0.4) is 0 Å². The molecular formula is C25H24FN5O2. The van der Waals surface area contributed by atoms with Crippen LogP contribution >= 0.6 is 0 Å². The van der Waals surface area contributed by atoms with E-state index in [4.69, 9.17) is 0 Å². The number of amides is 2. The number of carbonyl (C=O) groups excluding carboxylic acids is 2. The van der Waals surface area contributed by atoms with Gasteiger partial charge >= 0.3 is 0 Å². The Morgan fingerprint density at radius 3 is 2.55 bits per heavy atom. The Hall–Kier alpha value is -3.65. The molecule has 0 bridgehead atoms. The molecule has 5 rings (SSSR count). The highest BCUT2D eigenvalue weighted by Gasteiger charge is 2.33. The van der Waals surface area contributed by atoms with Crippen LogP contribution in [-0.4, -0.2) is 53.1 Å². The molecule has 2 aliphatic rings. The lowest BCUT2D eigenvalue weighted by Gasteiger charge is -2.39. The van der Waals surface area contributed by atoms with Crippen molar-refractivity contribution in [3.05, 3.63) is 83.8 Å². The van der Waals surface area contributed by atoms with Crippen molar-refractivity contribution < 1.29 is 14.0 Å². The highest BCUT2D eigenvalue weighted by atomic mass is 19.1. The van der Waals surface area contributed by atoms with Crippen LogP contribution in [0.1, 0.15) is 28.3 Å². The maximum atomic E-state index is 13.4. The van der Waals surface area contributed by atoms with Crippen LogP contribution in [-0.2, 0) is 4.79 Å². The molecule has 0 aliphatic carbocycles. The molecule has 2 aromatic carbocycles. The monoisotopic (exact) mass is 445 g/mol. The lowest BCUT2D eigenvalue weighted by Crippen LogP contribution is -2.48. The molecule has 2 amide bonds. The van der Waals surface area contributed by atoms with Gasteiger partial charge in [-0.2, -0.15) is 5.10 Å². The van der Waals surface area contributed by atoms with Crippen LogP contribution < -0.4 is 10.2 Å². The largest absolute Gasteiger partial charge is 0.337 e. The van der Waals surface area contributed by atoms with E-state index in [2.05, 4.69) is 15.5 Å². The van der Waals surface area contributed by atoms with E-state index in [9.17, 15) is 14.0 Å². The predicted octanol–water partition coefficient (Wildman–Crippen LogP) is 3.13. The highest BCUT2D eigenvalue weighted by Crippen LogP contribution is 2.32. The molecule has 0 radical (unpaired) electrons. The second-order valence-corrected chi connectivity index (χ2v) is 8.45. The molecule has 2 saturated heterocycles. The van der Waals surface area contributed by atoms with Gasteiger partial charge in [0.2, 0.25) is 5.91 Å². The fourth-order valence-electron chi connectivity index (χ4n) is 4.39. The van der Waals surface area contributed by atoms with Crippen LogP contribution in [0.4, 0.5) is 15.9 Å². The summed E-state index contributed by atoms with van der Waals surface area (Å²) in [4.78, 5) is 29.2. The Morgan fingerprint density at radius 1 is 1.06 bits per heavy atom. The molecule has 2 fully saturated rings. The smallest absolute Gasteiger partial charge is 0.253 e. The van der Waals surface area contributed by atoms with Crippen LogP contribution in [0, 0.1) is 11.7 Å². The van der Waals surface area contributed by atoms with Gasteiger partial charge in [0.05, 0.1) is 11.6 Å². The van der Waals surface area contributed by atoms with Crippen molar-refractivity contribution in [1.82, 2.24) is 20.4 Å². The van der Waals surface area contributed by atoms with Gasteiger partial charge in [0.1, 0.15) is 5.82 Å². The van der Waals surface area contributed by atoms with Gasteiger partial charge in [0.25, 0.3) is 5.91 Å². The molecule has 0 spiro atoms. The van der Waals surface area contributed by atoms with Crippen molar-refractivity contribution in [3.8, 4) is 0 Å². The van der Waals surface area contributed by atoms with Crippen LogP contribution in [0.15, 0.2) is 66.9 Å². The summed E-state index contributed by atoms with van der Waals surface area (Å²) in [6.07, 6.45) is 2.38. The molecule has 33 heavy (non-hydrogen) atoms.